The van der Waals surface area contributed by atoms with Gasteiger partial charge >= 0.3 is 0 Å². The molecule has 0 rings (SSSR count). The zero-order chi connectivity index (χ0) is 33.6. The summed E-state index contributed by atoms with van der Waals surface area (Å²) in [5, 5.41) is 22.5. The molecule has 0 aromatic heterocycles. The van der Waals surface area contributed by atoms with Crippen LogP contribution in [-0.2, 0) is 4.79 Å². The highest BCUT2D eigenvalue weighted by Crippen LogP contribution is 2.17. The Bertz CT molecular complexity index is 583. The molecule has 0 radical (unpaired) electrons. The summed E-state index contributed by atoms with van der Waals surface area (Å²) in [6, 6.07) is -0.525. The van der Waals surface area contributed by atoms with Crippen molar-refractivity contribution >= 4 is 5.91 Å². The minimum Gasteiger partial charge on any atom is -0.394 e. The molecule has 0 fully saturated rings. The number of aliphatic hydroxyl groups is 2. The van der Waals surface area contributed by atoms with E-state index in [9.17, 15) is 15.0 Å². The molecule has 0 aromatic carbocycles. The lowest BCUT2D eigenvalue weighted by molar-refractivity contribution is -0.123. The molecule has 0 aliphatic heterocycles. The topological polar surface area (TPSA) is 69.6 Å². The standard InChI is InChI=1S/C42H85NO3/c1-3-5-7-8-9-10-11-12-13-14-15-16-17-18-19-20-21-22-23-24-25-26-27-28-29-30-31-32-33-34-36-38-42(46)43-40(39-44)41(45)37-35-6-4-2/h40-41,44-45H,3-39H2,1-2H3,(H,43,46). The van der Waals surface area contributed by atoms with E-state index in [1.165, 1.54) is 186 Å². The van der Waals surface area contributed by atoms with Crippen molar-refractivity contribution in [1.82, 2.24) is 5.32 Å². The smallest absolute Gasteiger partial charge is 0.220 e. The van der Waals surface area contributed by atoms with Crippen LogP contribution in [-0.4, -0.2) is 34.9 Å². The lowest BCUT2D eigenvalue weighted by Gasteiger charge is -2.22. The minimum atomic E-state index is -0.649. The minimum absolute atomic E-state index is 0.0380. The predicted molar refractivity (Wildman–Crippen MR) is 203 cm³/mol. The molecule has 0 bridgehead atoms. The first-order valence-corrected chi connectivity index (χ1v) is 21.2. The van der Waals surface area contributed by atoms with Gasteiger partial charge in [-0.1, -0.05) is 226 Å². The fourth-order valence-electron chi connectivity index (χ4n) is 6.83. The van der Waals surface area contributed by atoms with E-state index in [2.05, 4.69) is 19.2 Å². The van der Waals surface area contributed by atoms with Crippen LogP contribution in [0.4, 0.5) is 0 Å². The largest absolute Gasteiger partial charge is 0.394 e. The van der Waals surface area contributed by atoms with Gasteiger partial charge < -0.3 is 15.5 Å². The monoisotopic (exact) mass is 652 g/mol. The number of hydrogen-bond donors (Lipinski definition) is 3. The van der Waals surface area contributed by atoms with Crippen LogP contribution in [0.25, 0.3) is 0 Å². The normalized spacial score (nSPS) is 12.9. The molecule has 0 aliphatic carbocycles. The number of amides is 1. The number of hydrogen-bond acceptors (Lipinski definition) is 3. The average molecular weight is 652 g/mol. The number of unbranched alkanes of at least 4 members (excludes halogenated alkanes) is 32. The second-order valence-corrected chi connectivity index (χ2v) is 14.8. The molecular formula is C42H85NO3. The van der Waals surface area contributed by atoms with Gasteiger partial charge in [-0.05, 0) is 12.8 Å². The lowest BCUT2D eigenvalue weighted by atomic mass is 10.0. The van der Waals surface area contributed by atoms with Crippen LogP contribution < -0.4 is 5.32 Å². The molecular weight excluding hydrogens is 566 g/mol. The molecule has 1 amide bonds. The van der Waals surface area contributed by atoms with Gasteiger partial charge in [0.15, 0.2) is 0 Å². The van der Waals surface area contributed by atoms with Crippen LogP contribution in [0, 0.1) is 0 Å². The summed E-state index contributed by atoms with van der Waals surface area (Å²) in [4.78, 5) is 12.2. The van der Waals surface area contributed by atoms with Crippen molar-refractivity contribution < 1.29 is 15.0 Å². The molecule has 0 saturated carbocycles. The van der Waals surface area contributed by atoms with Crippen molar-refractivity contribution in [3.8, 4) is 0 Å². The van der Waals surface area contributed by atoms with Gasteiger partial charge in [-0.15, -0.1) is 0 Å². The summed E-state index contributed by atoms with van der Waals surface area (Å²) < 4.78 is 0. The summed E-state index contributed by atoms with van der Waals surface area (Å²) >= 11 is 0. The van der Waals surface area contributed by atoms with Gasteiger partial charge in [-0.25, -0.2) is 0 Å². The number of carbonyl (C=O) groups excluding carboxylic acids is 1. The van der Waals surface area contributed by atoms with Crippen molar-refractivity contribution in [2.24, 2.45) is 0 Å². The first-order chi connectivity index (χ1) is 22.7. The van der Waals surface area contributed by atoms with E-state index < -0.39 is 12.1 Å². The van der Waals surface area contributed by atoms with E-state index in [0.29, 0.717) is 12.8 Å². The molecule has 2 unspecified atom stereocenters. The third-order valence-electron chi connectivity index (χ3n) is 10.1. The highest BCUT2D eigenvalue weighted by atomic mass is 16.3. The number of nitrogens with one attached hydrogen (secondary N) is 1. The molecule has 0 heterocycles. The van der Waals surface area contributed by atoms with Crippen molar-refractivity contribution in [2.75, 3.05) is 6.61 Å². The van der Waals surface area contributed by atoms with Crippen molar-refractivity contribution in [3.05, 3.63) is 0 Å². The molecule has 0 aromatic rings. The molecule has 4 nitrogen and oxygen atoms in total. The van der Waals surface area contributed by atoms with Gasteiger partial charge in [0, 0.05) is 6.42 Å². The van der Waals surface area contributed by atoms with E-state index in [4.69, 9.17) is 0 Å². The third-order valence-corrected chi connectivity index (χ3v) is 10.1. The second-order valence-electron chi connectivity index (χ2n) is 14.8. The van der Waals surface area contributed by atoms with Crippen LogP contribution in [0.5, 0.6) is 0 Å². The zero-order valence-corrected chi connectivity index (χ0v) is 31.6. The van der Waals surface area contributed by atoms with Crippen molar-refractivity contribution in [3.63, 3.8) is 0 Å². The molecule has 0 saturated heterocycles. The lowest BCUT2D eigenvalue weighted by Crippen LogP contribution is -2.45. The SMILES string of the molecule is CCCCCCCCCCCCCCCCCCCCCCCCCCCCCCCCCC(=O)NC(CO)C(O)CCCCC. The molecule has 46 heavy (non-hydrogen) atoms. The van der Waals surface area contributed by atoms with Crippen LogP contribution in [0.3, 0.4) is 0 Å². The summed E-state index contributed by atoms with van der Waals surface area (Å²) in [7, 11) is 0. The number of rotatable bonds is 39. The maximum atomic E-state index is 12.2. The quantitative estimate of drug-likeness (QED) is 0.0579. The Morgan fingerprint density at radius 3 is 0.978 bits per heavy atom. The van der Waals surface area contributed by atoms with Crippen molar-refractivity contribution in [1.29, 1.82) is 0 Å². The van der Waals surface area contributed by atoms with Crippen LogP contribution in [0.2, 0.25) is 0 Å². The summed E-state index contributed by atoms with van der Waals surface area (Å²) in [5.41, 5.74) is 0. The van der Waals surface area contributed by atoms with E-state index >= 15 is 0 Å². The van der Waals surface area contributed by atoms with Gasteiger partial charge in [0.2, 0.25) is 5.91 Å². The summed E-state index contributed by atoms with van der Waals surface area (Å²) in [5.74, 6) is -0.0380. The van der Waals surface area contributed by atoms with E-state index in [1.54, 1.807) is 0 Å². The number of aliphatic hydroxyl groups excluding tert-OH is 2. The molecule has 4 heteroatoms. The van der Waals surface area contributed by atoms with Crippen LogP contribution >= 0.6 is 0 Å². The Labute approximate surface area is 289 Å². The van der Waals surface area contributed by atoms with Gasteiger partial charge in [-0.3, -0.25) is 4.79 Å². The highest BCUT2D eigenvalue weighted by Gasteiger charge is 2.19. The highest BCUT2D eigenvalue weighted by molar-refractivity contribution is 5.76. The first-order valence-electron chi connectivity index (χ1n) is 21.2. The second kappa shape index (κ2) is 38.8. The van der Waals surface area contributed by atoms with Gasteiger partial charge in [-0.2, -0.15) is 0 Å². The molecule has 0 spiro atoms. The Kier molecular flexibility index (Phi) is 38.3. The summed E-state index contributed by atoms with van der Waals surface area (Å²) in [6.45, 7) is 4.23. The predicted octanol–water partition coefficient (Wildman–Crippen LogP) is 12.9. The maximum Gasteiger partial charge on any atom is 0.220 e. The molecule has 0 aliphatic rings. The zero-order valence-electron chi connectivity index (χ0n) is 31.6. The summed E-state index contributed by atoms with van der Waals surface area (Å²) in [6.07, 6.45) is 46.9. The fraction of sp³-hybridized carbons (Fsp3) is 0.976. The Morgan fingerprint density at radius 1 is 0.435 bits per heavy atom. The molecule has 2 atom stereocenters. The fourth-order valence-corrected chi connectivity index (χ4v) is 6.83. The van der Waals surface area contributed by atoms with Crippen LogP contribution in [0.15, 0.2) is 0 Å². The first kappa shape index (κ1) is 45.4. The number of carbonyl (C=O) groups is 1. The van der Waals surface area contributed by atoms with Crippen LogP contribution in [0.1, 0.15) is 245 Å². The van der Waals surface area contributed by atoms with Crippen molar-refractivity contribution in [2.45, 2.75) is 257 Å². The van der Waals surface area contributed by atoms with E-state index in [-0.39, 0.29) is 12.5 Å². The Balaban J connectivity index is 3.24. The Hall–Kier alpha value is -0.610. The van der Waals surface area contributed by atoms with Gasteiger partial charge in [0.25, 0.3) is 0 Å². The average Bonchev–Trinajstić information content (AvgIpc) is 3.06. The Morgan fingerprint density at radius 2 is 0.696 bits per heavy atom. The van der Waals surface area contributed by atoms with Gasteiger partial charge in [0.05, 0.1) is 18.8 Å². The van der Waals surface area contributed by atoms with Gasteiger partial charge in [0.1, 0.15) is 0 Å². The van der Waals surface area contributed by atoms with E-state index in [0.717, 1.165) is 32.1 Å². The van der Waals surface area contributed by atoms with E-state index in [1.807, 2.05) is 0 Å². The third kappa shape index (κ3) is 34.7. The molecule has 3 N–H and O–H groups in total. The molecule has 276 valence electrons. The maximum absolute atomic E-state index is 12.2.